The second kappa shape index (κ2) is 5.77. The number of fused-ring (bicyclic) bond motifs is 2. The number of hydrogen-bond acceptors (Lipinski definition) is 3. The van der Waals surface area contributed by atoms with Gasteiger partial charge in [-0.15, -0.1) is 0 Å². The number of halogens is 1. The number of nitriles is 1. The zero-order valence-corrected chi connectivity index (χ0v) is 12.4. The molecule has 0 aliphatic carbocycles. The predicted molar refractivity (Wildman–Crippen MR) is 84.6 cm³/mol. The predicted octanol–water partition coefficient (Wildman–Crippen LogP) is 3.76. The van der Waals surface area contributed by atoms with E-state index in [4.69, 9.17) is 5.26 Å². The molecule has 0 bridgehead atoms. The molecule has 21 heavy (non-hydrogen) atoms. The van der Waals surface area contributed by atoms with Crippen molar-refractivity contribution in [2.75, 3.05) is 0 Å². The van der Waals surface area contributed by atoms with Crippen molar-refractivity contribution < 1.29 is 0 Å². The molecule has 5 nitrogen and oxygen atoms in total. The minimum atomic E-state index is 0.444. The van der Waals surface area contributed by atoms with Crippen molar-refractivity contribution in [1.82, 2.24) is 19.9 Å². The van der Waals surface area contributed by atoms with Gasteiger partial charge >= 0.3 is 0 Å². The molecule has 0 amide bonds. The highest BCUT2D eigenvalue weighted by atomic mass is 79.9. The monoisotopic (exact) mass is 339 g/mol. The zero-order chi connectivity index (χ0) is 14.7. The summed E-state index contributed by atoms with van der Waals surface area (Å²) in [5.41, 5.74) is 2.14. The minimum Gasteiger partial charge on any atom is -0.346 e. The summed E-state index contributed by atoms with van der Waals surface area (Å²) in [5.74, 6) is 0. The zero-order valence-electron chi connectivity index (χ0n) is 10.8. The van der Waals surface area contributed by atoms with Crippen LogP contribution in [0.15, 0.2) is 53.4 Å². The maximum atomic E-state index is 8.51. The average Bonchev–Trinajstić information content (AvgIpc) is 3.15. The minimum absolute atomic E-state index is 0.444. The lowest BCUT2D eigenvalue weighted by molar-refractivity contribution is 1.28. The van der Waals surface area contributed by atoms with Gasteiger partial charge in [-0.25, -0.2) is 9.97 Å². The summed E-state index contributed by atoms with van der Waals surface area (Å²) in [5, 5.41) is 10.7. The van der Waals surface area contributed by atoms with Crippen LogP contribution in [0.3, 0.4) is 0 Å². The van der Waals surface area contributed by atoms with Crippen molar-refractivity contribution in [1.29, 1.82) is 5.26 Å². The molecule has 4 aromatic rings. The van der Waals surface area contributed by atoms with Crippen molar-refractivity contribution in [3.63, 3.8) is 0 Å². The topological polar surface area (TPSA) is 81.1 Å². The highest BCUT2D eigenvalue weighted by Crippen LogP contribution is 2.13. The van der Waals surface area contributed by atoms with E-state index in [0.717, 1.165) is 26.7 Å². The Morgan fingerprint density at radius 3 is 2.14 bits per heavy atom. The standard InChI is InChI=1S/C8H5N3.C7H5BrN2/c9-5-7-2-1-6-3-4-10-8(6)11-7;8-6-2-1-5-3-4-9-7(5)10-6/h1-4H,(H,10,11);1-4H,(H,9,10). The van der Waals surface area contributed by atoms with E-state index in [-0.39, 0.29) is 0 Å². The van der Waals surface area contributed by atoms with Crippen LogP contribution in [-0.4, -0.2) is 19.9 Å². The van der Waals surface area contributed by atoms with Gasteiger partial charge in [0.15, 0.2) is 0 Å². The van der Waals surface area contributed by atoms with E-state index in [1.54, 1.807) is 12.3 Å². The number of aromatic nitrogens is 4. The first kappa shape index (κ1) is 13.3. The number of nitrogens with zero attached hydrogens (tertiary/aromatic N) is 3. The third kappa shape index (κ3) is 2.93. The molecule has 0 saturated carbocycles. The second-order valence-electron chi connectivity index (χ2n) is 4.27. The molecule has 6 heteroatoms. The van der Waals surface area contributed by atoms with Crippen LogP contribution in [0, 0.1) is 11.3 Å². The van der Waals surface area contributed by atoms with Crippen LogP contribution in [0.1, 0.15) is 5.69 Å². The molecule has 0 spiro atoms. The molecule has 4 aromatic heterocycles. The second-order valence-corrected chi connectivity index (χ2v) is 5.09. The maximum absolute atomic E-state index is 8.51. The lowest BCUT2D eigenvalue weighted by Gasteiger charge is -1.88. The molecule has 0 aliphatic rings. The largest absolute Gasteiger partial charge is 0.346 e. The number of H-pyrrole nitrogens is 2. The van der Waals surface area contributed by atoms with Gasteiger partial charge in [0, 0.05) is 23.2 Å². The van der Waals surface area contributed by atoms with E-state index in [0.29, 0.717) is 5.69 Å². The summed E-state index contributed by atoms with van der Waals surface area (Å²) in [6.07, 6.45) is 3.68. The van der Waals surface area contributed by atoms with Crippen LogP contribution in [0.2, 0.25) is 0 Å². The lowest BCUT2D eigenvalue weighted by Crippen LogP contribution is -1.81. The van der Waals surface area contributed by atoms with E-state index >= 15 is 0 Å². The quantitative estimate of drug-likeness (QED) is 0.478. The van der Waals surface area contributed by atoms with Crippen LogP contribution in [-0.2, 0) is 0 Å². The van der Waals surface area contributed by atoms with Crippen LogP contribution in [0.5, 0.6) is 0 Å². The van der Waals surface area contributed by atoms with Crippen LogP contribution in [0.25, 0.3) is 22.1 Å². The van der Waals surface area contributed by atoms with Crippen molar-refractivity contribution in [3.8, 4) is 6.07 Å². The molecule has 0 fully saturated rings. The first-order chi connectivity index (χ1) is 10.3. The van der Waals surface area contributed by atoms with Gasteiger partial charge < -0.3 is 9.97 Å². The molecule has 0 atom stereocenters. The van der Waals surface area contributed by atoms with Gasteiger partial charge in [-0.05, 0) is 52.3 Å². The fourth-order valence-electron chi connectivity index (χ4n) is 1.90. The Kier molecular flexibility index (Phi) is 3.67. The van der Waals surface area contributed by atoms with Crippen molar-refractivity contribution >= 4 is 38.0 Å². The normalized spacial score (nSPS) is 10.1. The third-order valence-corrected chi connectivity index (χ3v) is 3.34. The maximum Gasteiger partial charge on any atom is 0.142 e. The Bertz CT molecular complexity index is 932. The molecule has 0 unspecified atom stereocenters. The summed E-state index contributed by atoms with van der Waals surface area (Å²) in [4.78, 5) is 14.2. The highest BCUT2D eigenvalue weighted by Gasteiger charge is 1.96. The molecule has 4 heterocycles. The molecule has 0 aromatic carbocycles. The Labute approximate surface area is 128 Å². The molecule has 0 radical (unpaired) electrons. The number of pyridine rings is 2. The highest BCUT2D eigenvalue weighted by molar-refractivity contribution is 9.10. The van der Waals surface area contributed by atoms with E-state index in [1.165, 1.54) is 0 Å². The summed E-state index contributed by atoms with van der Waals surface area (Å²) in [6.45, 7) is 0. The summed E-state index contributed by atoms with van der Waals surface area (Å²) < 4.78 is 0.863. The molecule has 102 valence electrons. The molecule has 0 aliphatic heterocycles. The van der Waals surface area contributed by atoms with Crippen LogP contribution in [0.4, 0.5) is 0 Å². The van der Waals surface area contributed by atoms with Crippen LogP contribution < -0.4 is 0 Å². The molecular weight excluding hydrogens is 330 g/mol. The van der Waals surface area contributed by atoms with Gasteiger partial charge in [0.25, 0.3) is 0 Å². The molecule has 0 saturated heterocycles. The van der Waals surface area contributed by atoms with Crippen LogP contribution >= 0.6 is 15.9 Å². The van der Waals surface area contributed by atoms with Gasteiger partial charge in [0.2, 0.25) is 0 Å². The van der Waals surface area contributed by atoms with E-state index in [2.05, 4.69) is 35.9 Å². The Morgan fingerprint density at radius 2 is 1.48 bits per heavy atom. The van der Waals surface area contributed by atoms with E-state index in [1.807, 2.05) is 42.6 Å². The number of aromatic amines is 2. The Morgan fingerprint density at radius 1 is 0.857 bits per heavy atom. The van der Waals surface area contributed by atoms with Crippen molar-refractivity contribution in [2.24, 2.45) is 0 Å². The van der Waals surface area contributed by atoms with E-state index < -0.39 is 0 Å². The Hall–Kier alpha value is -2.65. The van der Waals surface area contributed by atoms with E-state index in [9.17, 15) is 0 Å². The summed E-state index contributed by atoms with van der Waals surface area (Å²) in [7, 11) is 0. The molecule has 2 N–H and O–H groups in total. The van der Waals surface area contributed by atoms with Gasteiger partial charge in [-0.1, -0.05) is 0 Å². The molecule has 4 rings (SSSR count). The third-order valence-electron chi connectivity index (χ3n) is 2.90. The van der Waals surface area contributed by atoms with Crippen molar-refractivity contribution in [3.05, 3.63) is 59.1 Å². The van der Waals surface area contributed by atoms with Gasteiger partial charge in [0.05, 0.1) is 0 Å². The summed E-state index contributed by atoms with van der Waals surface area (Å²) >= 11 is 3.29. The fraction of sp³-hybridized carbons (Fsp3) is 0. The number of rotatable bonds is 0. The SMILES string of the molecule is Brc1ccc2cc[nH]c2n1.N#Cc1ccc2cc[nH]c2n1. The Balaban J connectivity index is 0.000000126. The summed E-state index contributed by atoms with van der Waals surface area (Å²) in [6, 6.07) is 13.4. The number of nitrogens with one attached hydrogen (secondary N) is 2. The van der Waals surface area contributed by atoms with Crippen molar-refractivity contribution in [2.45, 2.75) is 0 Å². The lowest BCUT2D eigenvalue weighted by atomic mass is 10.3. The van der Waals surface area contributed by atoms with Gasteiger partial charge in [0.1, 0.15) is 27.7 Å². The first-order valence-electron chi connectivity index (χ1n) is 6.20. The van der Waals surface area contributed by atoms with Gasteiger partial charge in [-0.2, -0.15) is 5.26 Å². The fourth-order valence-corrected chi connectivity index (χ4v) is 2.21. The molecular formula is C15H10BrN5. The van der Waals surface area contributed by atoms with Gasteiger partial charge in [-0.3, -0.25) is 0 Å². The number of hydrogen-bond donors (Lipinski definition) is 2. The first-order valence-corrected chi connectivity index (χ1v) is 6.99. The smallest absolute Gasteiger partial charge is 0.142 e. The average molecular weight is 340 g/mol.